The fraction of sp³-hybridized carbons (Fsp3) is 0.345. The zero-order chi connectivity index (χ0) is 25.8. The molecule has 4 aromatic rings. The maximum Gasteiger partial charge on any atom is 0.419 e. The van der Waals surface area contributed by atoms with Crippen LogP contribution in [0.25, 0.3) is 21.8 Å². The van der Waals surface area contributed by atoms with Crippen LogP contribution in [-0.4, -0.2) is 39.7 Å². The van der Waals surface area contributed by atoms with Crippen molar-refractivity contribution in [2.24, 2.45) is 0 Å². The van der Waals surface area contributed by atoms with Gasteiger partial charge in [-0.1, -0.05) is 36.4 Å². The van der Waals surface area contributed by atoms with Crippen molar-refractivity contribution in [1.29, 1.82) is 0 Å². The Morgan fingerprint density at radius 2 is 1.64 bits per heavy atom. The molecule has 0 bridgehead atoms. The fourth-order valence-corrected chi connectivity index (χ4v) is 5.28. The Hall–Kier alpha value is -3.87. The molecule has 0 spiro atoms. The lowest BCUT2D eigenvalue weighted by Crippen LogP contribution is -2.42. The van der Waals surface area contributed by atoms with Crippen molar-refractivity contribution >= 4 is 39.7 Å². The second-order valence-electron chi connectivity index (χ2n) is 10.5. The molecule has 0 fully saturated rings. The number of benzene rings is 2. The van der Waals surface area contributed by atoms with Crippen LogP contribution in [0.1, 0.15) is 55.6 Å². The highest BCUT2D eigenvalue weighted by molar-refractivity contribution is 6.23. The van der Waals surface area contributed by atoms with Gasteiger partial charge in [0, 0.05) is 40.8 Å². The minimum atomic E-state index is -1.69. The first kappa shape index (κ1) is 23.9. The van der Waals surface area contributed by atoms with Gasteiger partial charge in [0.1, 0.15) is 5.60 Å². The van der Waals surface area contributed by atoms with Crippen LogP contribution in [0.3, 0.4) is 0 Å². The number of carbonyl (C=O) groups is 3. The Kier molecular flexibility index (Phi) is 5.54. The largest absolute Gasteiger partial charge is 0.468 e. The zero-order valence-electron chi connectivity index (χ0n) is 21.3. The Morgan fingerprint density at radius 3 is 2.36 bits per heavy atom. The van der Waals surface area contributed by atoms with Crippen LogP contribution in [0, 0.1) is 0 Å². The smallest absolute Gasteiger partial charge is 0.419 e. The molecule has 2 aromatic carbocycles. The van der Waals surface area contributed by atoms with Gasteiger partial charge in [0.05, 0.1) is 18.1 Å². The van der Waals surface area contributed by atoms with Crippen LogP contribution in [0.2, 0.25) is 0 Å². The number of hydrogen-bond acceptors (Lipinski definition) is 5. The van der Waals surface area contributed by atoms with Crippen molar-refractivity contribution in [2.75, 3.05) is 7.11 Å². The number of ketones is 1. The van der Waals surface area contributed by atoms with E-state index in [4.69, 9.17) is 9.47 Å². The molecule has 3 heterocycles. The predicted molar refractivity (Wildman–Crippen MR) is 138 cm³/mol. The number of para-hydroxylation sites is 2. The number of rotatable bonds is 4. The first-order valence-electron chi connectivity index (χ1n) is 12.1. The number of esters is 1. The third-order valence-electron chi connectivity index (χ3n) is 6.96. The number of nitrogens with zero attached hydrogens (tertiary/aromatic N) is 2. The lowest BCUT2D eigenvalue weighted by molar-refractivity contribution is -0.144. The molecule has 1 aliphatic rings. The van der Waals surface area contributed by atoms with Gasteiger partial charge in [0.2, 0.25) is 0 Å². The SMILES string of the molecule is COC(=O)C(C)(C(=O)c1cn2c3c(cccc13)CCC2)c1cn(C(=O)OC(C)(C)C)c2ccccc12. The van der Waals surface area contributed by atoms with Crippen molar-refractivity contribution < 1.29 is 23.9 Å². The molecule has 36 heavy (non-hydrogen) atoms. The van der Waals surface area contributed by atoms with E-state index in [1.54, 1.807) is 45.9 Å². The standard InChI is InChI=1S/C29H30N2O5/c1-28(2,3)36-27(34)31-17-22(20-12-6-7-14-23(20)31)29(4,26(33)35-5)25(32)21-16-30-15-9-11-18-10-8-13-19(21)24(18)30/h6-8,10,12-14,16-17H,9,11,15H2,1-5H3. The zero-order valence-corrected chi connectivity index (χ0v) is 21.3. The molecule has 1 aliphatic heterocycles. The van der Waals surface area contributed by atoms with Gasteiger partial charge in [0.25, 0.3) is 0 Å². The molecule has 0 saturated heterocycles. The maximum atomic E-state index is 14.4. The Morgan fingerprint density at radius 1 is 0.917 bits per heavy atom. The summed E-state index contributed by atoms with van der Waals surface area (Å²) in [7, 11) is 1.27. The predicted octanol–water partition coefficient (Wildman–Crippen LogP) is 5.64. The average Bonchev–Trinajstić information content (AvgIpc) is 3.42. The number of aryl methyl sites for hydroxylation is 2. The highest BCUT2D eigenvalue weighted by atomic mass is 16.6. The molecule has 0 saturated carbocycles. The van der Waals surface area contributed by atoms with E-state index in [9.17, 15) is 14.4 Å². The van der Waals surface area contributed by atoms with Crippen molar-refractivity contribution in [1.82, 2.24) is 9.13 Å². The van der Waals surface area contributed by atoms with Gasteiger partial charge in [0.15, 0.2) is 11.2 Å². The van der Waals surface area contributed by atoms with Crippen LogP contribution in [-0.2, 0) is 32.6 Å². The molecule has 1 unspecified atom stereocenters. The topological polar surface area (TPSA) is 79.5 Å². The summed E-state index contributed by atoms with van der Waals surface area (Å²) in [6.07, 6.45) is 4.75. The van der Waals surface area contributed by atoms with Crippen LogP contribution >= 0.6 is 0 Å². The third-order valence-corrected chi connectivity index (χ3v) is 6.96. The number of fused-ring (bicyclic) bond motifs is 1. The quantitative estimate of drug-likeness (QED) is 0.212. The van der Waals surface area contributed by atoms with E-state index in [1.165, 1.54) is 23.4 Å². The van der Waals surface area contributed by atoms with Crippen LogP contribution in [0.15, 0.2) is 54.9 Å². The second-order valence-corrected chi connectivity index (χ2v) is 10.5. The molecule has 0 N–H and O–H groups in total. The summed E-state index contributed by atoms with van der Waals surface area (Å²) < 4.78 is 14.3. The molecule has 0 radical (unpaired) electrons. The van der Waals surface area contributed by atoms with E-state index in [2.05, 4.69) is 10.6 Å². The summed E-state index contributed by atoms with van der Waals surface area (Å²) in [5.41, 5.74) is 1.24. The number of Topliss-reactive ketones (excluding diaryl/α,β-unsaturated/α-hetero) is 1. The summed E-state index contributed by atoms with van der Waals surface area (Å²) in [6, 6.07) is 13.1. The first-order valence-corrected chi connectivity index (χ1v) is 12.1. The Labute approximate surface area is 209 Å². The molecule has 7 nitrogen and oxygen atoms in total. The van der Waals surface area contributed by atoms with Gasteiger partial charge in [-0.2, -0.15) is 0 Å². The number of methoxy groups -OCH3 is 1. The Bertz CT molecular complexity index is 1530. The summed E-state index contributed by atoms with van der Waals surface area (Å²) in [5, 5.41) is 1.43. The van der Waals surface area contributed by atoms with Crippen LogP contribution in [0.5, 0.6) is 0 Å². The van der Waals surface area contributed by atoms with E-state index in [1.807, 2.05) is 24.4 Å². The fourth-order valence-electron chi connectivity index (χ4n) is 5.28. The average molecular weight is 487 g/mol. The normalized spacial score (nSPS) is 15.0. The summed E-state index contributed by atoms with van der Waals surface area (Å²) in [5.74, 6) is -1.06. The monoisotopic (exact) mass is 486 g/mol. The molecule has 2 aromatic heterocycles. The van der Waals surface area contributed by atoms with Crippen molar-refractivity contribution in [3.63, 3.8) is 0 Å². The van der Waals surface area contributed by atoms with E-state index >= 15 is 0 Å². The maximum absolute atomic E-state index is 14.4. The van der Waals surface area contributed by atoms with E-state index in [0.717, 1.165) is 30.3 Å². The number of carbonyl (C=O) groups excluding carboxylic acids is 3. The second kappa shape index (κ2) is 8.36. The molecule has 5 rings (SSSR count). The van der Waals surface area contributed by atoms with Crippen LogP contribution < -0.4 is 0 Å². The highest BCUT2D eigenvalue weighted by Gasteiger charge is 2.47. The Balaban J connectivity index is 1.73. The van der Waals surface area contributed by atoms with E-state index < -0.39 is 23.1 Å². The molecule has 0 amide bonds. The van der Waals surface area contributed by atoms with E-state index in [-0.39, 0.29) is 5.78 Å². The first-order chi connectivity index (χ1) is 17.1. The molecule has 7 heteroatoms. The van der Waals surface area contributed by atoms with Crippen LogP contribution in [0.4, 0.5) is 4.79 Å². The number of aromatic nitrogens is 2. The number of ether oxygens (including phenoxy) is 2. The molecule has 1 atom stereocenters. The minimum absolute atomic E-state index is 0.371. The lowest BCUT2D eigenvalue weighted by atomic mass is 9.76. The minimum Gasteiger partial charge on any atom is -0.468 e. The van der Waals surface area contributed by atoms with Gasteiger partial charge >= 0.3 is 12.1 Å². The van der Waals surface area contributed by atoms with E-state index in [0.29, 0.717) is 22.0 Å². The molecular weight excluding hydrogens is 456 g/mol. The van der Waals surface area contributed by atoms with Crippen molar-refractivity contribution in [3.05, 3.63) is 71.5 Å². The molecular formula is C29H30N2O5. The molecule has 0 aliphatic carbocycles. The van der Waals surface area contributed by atoms with Crippen molar-refractivity contribution in [2.45, 2.75) is 58.1 Å². The third kappa shape index (κ3) is 3.61. The van der Waals surface area contributed by atoms with Gasteiger partial charge < -0.3 is 14.0 Å². The highest BCUT2D eigenvalue weighted by Crippen LogP contribution is 2.39. The van der Waals surface area contributed by atoms with Gasteiger partial charge in [-0.05, 0) is 52.2 Å². The van der Waals surface area contributed by atoms with Gasteiger partial charge in [-0.3, -0.25) is 14.2 Å². The lowest BCUT2D eigenvalue weighted by Gasteiger charge is -2.25. The summed E-state index contributed by atoms with van der Waals surface area (Å²) >= 11 is 0. The van der Waals surface area contributed by atoms with Gasteiger partial charge in [-0.15, -0.1) is 0 Å². The van der Waals surface area contributed by atoms with Gasteiger partial charge in [-0.25, -0.2) is 4.79 Å². The molecule has 186 valence electrons. The summed E-state index contributed by atoms with van der Waals surface area (Å²) in [6.45, 7) is 7.76. The number of hydrogen-bond donors (Lipinski definition) is 0. The summed E-state index contributed by atoms with van der Waals surface area (Å²) in [4.78, 5) is 40.9. The van der Waals surface area contributed by atoms with Crippen molar-refractivity contribution in [3.8, 4) is 0 Å².